The van der Waals surface area contributed by atoms with Crippen molar-refractivity contribution in [2.75, 3.05) is 14.2 Å². The van der Waals surface area contributed by atoms with Crippen molar-refractivity contribution in [3.8, 4) is 28.6 Å². The number of aryl methyl sites for hydroxylation is 2. The van der Waals surface area contributed by atoms with Gasteiger partial charge in [-0.05, 0) is 44.5 Å². The molecule has 0 aliphatic carbocycles. The predicted molar refractivity (Wildman–Crippen MR) is 136 cm³/mol. The Hall–Kier alpha value is -3.90. The Morgan fingerprint density at radius 2 is 1.70 bits per heavy atom. The number of benzene rings is 1. The van der Waals surface area contributed by atoms with E-state index in [1.54, 1.807) is 42.1 Å². The van der Waals surface area contributed by atoms with Crippen LogP contribution in [0.1, 0.15) is 35.8 Å². The third kappa shape index (κ3) is 5.30. The first-order valence-corrected chi connectivity index (χ1v) is 13.1. The molecule has 37 heavy (non-hydrogen) atoms. The van der Waals surface area contributed by atoms with E-state index in [2.05, 4.69) is 25.1 Å². The van der Waals surface area contributed by atoms with Crippen LogP contribution in [0.25, 0.3) is 17.1 Å². The molecule has 0 saturated heterocycles. The lowest BCUT2D eigenvalue weighted by Crippen LogP contribution is -2.28. The van der Waals surface area contributed by atoms with E-state index in [-0.39, 0.29) is 11.5 Å². The van der Waals surface area contributed by atoms with Crippen LogP contribution in [0.5, 0.6) is 11.5 Å². The Labute approximate surface area is 215 Å². The number of rotatable bonds is 9. The molecule has 0 saturated carbocycles. The first kappa shape index (κ1) is 26.2. The summed E-state index contributed by atoms with van der Waals surface area (Å²) in [5, 5.41) is 18.2. The lowest BCUT2D eigenvalue weighted by atomic mass is 10.2. The van der Waals surface area contributed by atoms with Gasteiger partial charge in [-0.25, -0.2) is 8.42 Å². The van der Waals surface area contributed by atoms with Crippen molar-refractivity contribution in [2.24, 2.45) is 0 Å². The standard InChI is InChI=1S/C25H28N6O5S/c1-15-9-18(12-26-10-15)25-30-29-22(31(25)23-20(35-4)7-6-8-21(23)36-5)14-37(33,34)17(3)24(32)19-13-27-16(2)11-28-19/h6-13,17,24,32H,14H2,1-5H3/t17-,24+/m1/s1. The molecule has 0 unspecified atom stereocenters. The lowest BCUT2D eigenvalue weighted by Gasteiger charge is -2.20. The highest BCUT2D eigenvalue weighted by Gasteiger charge is 2.33. The second-order valence-corrected chi connectivity index (χ2v) is 10.9. The number of ether oxygens (including phenoxy) is 2. The van der Waals surface area contributed by atoms with E-state index in [0.29, 0.717) is 34.3 Å². The Balaban J connectivity index is 1.83. The molecule has 1 aromatic carbocycles. The number of aromatic nitrogens is 6. The zero-order chi connectivity index (χ0) is 26.7. The van der Waals surface area contributed by atoms with E-state index in [9.17, 15) is 13.5 Å². The van der Waals surface area contributed by atoms with E-state index in [1.807, 2.05) is 13.0 Å². The minimum Gasteiger partial charge on any atom is -0.494 e. The predicted octanol–water partition coefficient (Wildman–Crippen LogP) is 2.79. The number of sulfone groups is 1. The van der Waals surface area contributed by atoms with E-state index in [4.69, 9.17) is 9.47 Å². The van der Waals surface area contributed by atoms with Gasteiger partial charge < -0.3 is 14.6 Å². The maximum atomic E-state index is 13.5. The molecule has 0 spiro atoms. The SMILES string of the molecule is COc1cccc(OC)c1-n1c(CS(=O)(=O)[C@H](C)[C@H](O)c2cnc(C)cn2)nnc1-c1cncc(C)c1. The van der Waals surface area contributed by atoms with Crippen LogP contribution < -0.4 is 9.47 Å². The van der Waals surface area contributed by atoms with Crippen molar-refractivity contribution < 1.29 is 23.0 Å². The van der Waals surface area contributed by atoms with Crippen molar-refractivity contribution in [3.63, 3.8) is 0 Å². The first-order chi connectivity index (χ1) is 17.7. The van der Waals surface area contributed by atoms with Crippen LogP contribution in [0.3, 0.4) is 0 Å². The van der Waals surface area contributed by atoms with Gasteiger partial charge in [0.15, 0.2) is 21.5 Å². The second-order valence-electron chi connectivity index (χ2n) is 8.58. The van der Waals surface area contributed by atoms with Gasteiger partial charge in [-0.2, -0.15) is 0 Å². The van der Waals surface area contributed by atoms with Crippen LogP contribution in [-0.4, -0.2) is 62.7 Å². The quantitative estimate of drug-likeness (QED) is 0.347. The summed E-state index contributed by atoms with van der Waals surface area (Å²) in [6.07, 6.45) is 4.80. The molecule has 3 aromatic heterocycles. The molecule has 0 amide bonds. The maximum Gasteiger partial charge on any atom is 0.170 e. The summed E-state index contributed by atoms with van der Waals surface area (Å²) in [5.41, 5.74) is 2.79. The van der Waals surface area contributed by atoms with Crippen LogP contribution in [0.15, 0.2) is 49.1 Å². The van der Waals surface area contributed by atoms with Crippen LogP contribution in [0.2, 0.25) is 0 Å². The summed E-state index contributed by atoms with van der Waals surface area (Å²) in [6, 6.07) is 7.10. The highest BCUT2D eigenvalue weighted by molar-refractivity contribution is 7.91. The van der Waals surface area contributed by atoms with E-state index < -0.39 is 26.9 Å². The fourth-order valence-electron chi connectivity index (χ4n) is 3.86. The molecule has 0 radical (unpaired) electrons. The molecular weight excluding hydrogens is 496 g/mol. The van der Waals surface area contributed by atoms with Gasteiger partial charge in [-0.15, -0.1) is 10.2 Å². The number of aliphatic hydroxyl groups is 1. The molecule has 0 bridgehead atoms. The van der Waals surface area contributed by atoms with Gasteiger partial charge in [0.05, 0.1) is 37.1 Å². The van der Waals surface area contributed by atoms with Gasteiger partial charge in [0.1, 0.15) is 29.0 Å². The molecule has 1 N–H and O–H groups in total. The monoisotopic (exact) mass is 524 g/mol. The fourth-order valence-corrected chi connectivity index (χ4v) is 5.21. The third-order valence-corrected chi connectivity index (χ3v) is 7.99. The number of hydrogen-bond acceptors (Lipinski definition) is 10. The van der Waals surface area contributed by atoms with Crippen molar-refractivity contribution in [1.29, 1.82) is 0 Å². The van der Waals surface area contributed by atoms with Gasteiger partial charge in [0, 0.05) is 24.2 Å². The van der Waals surface area contributed by atoms with Crippen molar-refractivity contribution in [1.82, 2.24) is 29.7 Å². The van der Waals surface area contributed by atoms with Crippen molar-refractivity contribution in [3.05, 3.63) is 71.8 Å². The molecule has 2 atom stereocenters. The number of hydrogen-bond donors (Lipinski definition) is 1. The molecule has 0 aliphatic rings. The normalized spacial score (nSPS) is 13.2. The summed E-state index contributed by atoms with van der Waals surface area (Å²) in [7, 11) is -0.940. The minimum absolute atomic E-state index is 0.119. The van der Waals surface area contributed by atoms with Crippen LogP contribution in [-0.2, 0) is 15.6 Å². The highest BCUT2D eigenvalue weighted by atomic mass is 32.2. The van der Waals surface area contributed by atoms with Crippen LogP contribution in [0.4, 0.5) is 0 Å². The van der Waals surface area contributed by atoms with E-state index in [1.165, 1.54) is 33.5 Å². The molecule has 4 rings (SSSR count). The van der Waals surface area contributed by atoms with Crippen molar-refractivity contribution >= 4 is 9.84 Å². The number of aliphatic hydroxyl groups excluding tert-OH is 1. The zero-order valence-corrected chi connectivity index (χ0v) is 22.0. The molecular formula is C25H28N6O5S. The smallest absolute Gasteiger partial charge is 0.170 e. The second kappa shape index (κ2) is 10.6. The zero-order valence-electron chi connectivity index (χ0n) is 21.2. The first-order valence-electron chi connectivity index (χ1n) is 11.4. The molecule has 3 heterocycles. The average Bonchev–Trinajstić information content (AvgIpc) is 3.29. The molecule has 12 heteroatoms. The molecule has 11 nitrogen and oxygen atoms in total. The van der Waals surface area contributed by atoms with Gasteiger partial charge in [0.25, 0.3) is 0 Å². The maximum absolute atomic E-state index is 13.5. The van der Waals surface area contributed by atoms with Gasteiger partial charge in [0.2, 0.25) is 0 Å². The fraction of sp³-hybridized carbons (Fsp3) is 0.320. The lowest BCUT2D eigenvalue weighted by molar-refractivity contribution is 0.170. The highest BCUT2D eigenvalue weighted by Crippen LogP contribution is 2.37. The van der Waals surface area contributed by atoms with Crippen molar-refractivity contribution in [2.45, 2.75) is 37.9 Å². The molecule has 4 aromatic rings. The third-order valence-electron chi connectivity index (χ3n) is 5.93. The Kier molecular flexibility index (Phi) is 7.50. The number of methoxy groups -OCH3 is 2. The Morgan fingerprint density at radius 1 is 1.00 bits per heavy atom. The number of para-hydroxylation sites is 1. The largest absolute Gasteiger partial charge is 0.494 e. The number of pyridine rings is 1. The van der Waals surface area contributed by atoms with Crippen LogP contribution in [0, 0.1) is 13.8 Å². The molecule has 0 aliphatic heterocycles. The summed E-state index contributed by atoms with van der Waals surface area (Å²) in [4.78, 5) is 12.5. The molecule has 194 valence electrons. The number of nitrogens with zero attached hydrogens (tertiary/aromatic N) is 6. The summed E-state index contributed by atoms with van der Waals surface area (Å²) >= 11 is 0. The Bertz CT molecular complexity index is 1480. The summed E-state index contributed by atoms with van der Waals surface area (Å²) in [5.74, 6) is 0.832. The molecule has 0 fully saturated rings. The van der Waals surface area contributed by atoms with Crippen LogP contribution >= 0.6 is 0 Å². The Morgan fingerprint density at radius 3 is 2.30 bits per heavy atom. The summed E-state index contributed by atoms with van der Waals surface area (Å²) < 4.78 is 39.8. The van der Waals surface area contributed by atoms with Gasteiger partial charge in [-0.1, -0.05) is 6.07 Å². The summed E-state index contributed by atoms with van der Waals surface area (Å²) in [6.45, 7) is 5.07. The van der Waals surface area contributed by atoms with Gasteiger partial charge >= 0.3 is 0 Å². The minimum atomic E-state index is -3.96. The van der Waals surface area contributed by atoms with E-state index in [0.717, 1.165) is 5.56 Å². The average molecular weight is 525 g/mol. The van der Waals surface area contributed by atoms with Gasteiger partial charge in [-0.3, -0.25) is 19.5 Å². The topological polar surface area (TPSA) is 142 Å². The van der Waals surface area contributed by atoms with E-state index >= 15 is 0 Å².